The summed E-state index contributed by atoms with van der Waals surface area (Å²) in [6.07, 6.45) is 1.09. The quantitative estimate of drug-likeness (QED) is 0.854. The van der Waals surface area contributed by atoms with E-state index < -0.39 is 11.9 Å². The Kier molecular flexibility index (Phi) is 4.09. The van der Waals surface area contributed by atoms with Crippen LogP contribution in [0.25, 0.3) is 0 Å². The summed E-state index contributed by atoms with van der Waals surface area (Å²) in [7, 11) is 0. The van der Waals surface area contributed by atoms with Crippen molar-refractivity contribution in [3.63, 3.8) is 0 Å². The molecule has 20 heavy (non-hydrogen) atoms. The van der Waals surface area contributed by atoms with Gasteiger partial charge in [-0.25, -0.2) is 4.98 Å². The number of anilines is 1. The largest absolute Gasteiger partial charge is 0.481 e. The number of H-pyrrole nitrogens is 1. The van der Waals surface area contributed by atoms with Crippen LogP contribution in [0.15, 0.2) is 30.6 Å². The second-order valence-electron chi connectivity index (χ2n) is 4.27. The fraction of sp³-hybridized carbons (Fsp3) is 0.231. The number of amides is 1. The molecule has 1 heterocycles. The second-order valence-corrected chi connectivity index (χ2v) is 4.27. The average molecular weight is 274 g/mol. The lowest BCUT2D eigenvalue weighted by molar-refractivity contribution is -0.136. The molecule has 0 aliphatic heterocycles. The van der Waals surface area contributed by atoms with Gasteiger partial charge in [0.1, 0.15) is 6.33 Å². The highest BCUT2D eigenvalue weighted by atomic mass is 16.4. The molecule has 0 saturated carbocycles. The number of carbonyl (C=O) groups excluding carboxylic acids is 1. The zero-order chi connectivity index (χ0) is 14.5. The first kappa shape index (κ1) is 13.7. The molecule has 0 unspecified atom stereocenters. The molecule has 1 aromatic carbocycles. The number of aromatic nitrogens is 3. The molecule has 0 bridgehead atoms. The van der Waals surface area contributed by atoms with Crippen molar-refractivity contribution in [1.29, 1.82) is 0 Å². The predicted octanol–water partition coefficient (Wildman–Crippen LogP) is 1.23. The first-order valence-electron chi connectivity index (χ1n) is 6.03. The van der Waals surface area contributed by atoms with E-state index in [-0.39, 0.29) is 18.8 Å². The SMILES string of the molecule is Cc1ccc(N(CCC(=O)O)C(=O)c2ncn[nH]2)cc1. The third-order valence-electron chi connectivity index (χ3n) is 2.76. The van der Waals surface area contributed by atoms with Crippen LogP contribution in [0.1, 0.15) is 22.6 Å². The number of nitrogens with zero attached hydrogens (tertiary/aromatic N) is 3. The van der Waals surface area contributed by atoms with Gasteiger partial charge in [0.15, 0.2) is 0 Å². The highest BCUT2D eigenvalue weighted by molar-refractivity contribution is 6.03. The zero-order valence-corrected chi connectivity index (χ0v) is 10.9. The summed E-state index contributed by atoms with van der Waals surface area (Å²) in [6.45, 7) is 2.00. The molecule has 2 aromatic rings. The van der Waals surface area contributed by atoms with Crippen molar-refractivity contribution in [2.75, 3.05) is 11.4 Å². The van der Waals surface area contributed by atoms with Crippen molar-refractivity contribution in [3.05, 3.63) is 42.0 Å². The maximum Gasteiger partial charge on any atom is 0.305 e. The Labute approximate surface area is 115 Å². The number of hydrogen-bond acceptors (Lipinski definition) is 4. The van der Waals surface area contributed by atoms with Crippen LogP contribution in [0.2, 0.25) is 0 Å². The molecule has 1 amide bonds. The monoisotopic (exact) mass is 274 g/mol. The van der Waals surface area contributed by atoms with Crippen LogP contribution in [0.3, 0.4) is 0 Å². The zero-order valence-electron chi connectivity index (χ0n) is 10.9. The third kappa shape index (κ3) is 3.19. The van der Waals surface area contributed by atoms with Gasteiger partial charge in [0, 0.05) is 12.2 Å². The van der Waals surface area contributed by atoms with Crippen molar-refractivity contribution in [1.82, 2.24) is 15.2 Å². The molecule has 0 aliphatic rings. The molecule has 0 fully saturated rings. The number of aromatic amines is 1. The summed E-state index contributed by atoms with van der Waals surface area (Å²) in [5, 5.41) is 14.9. The van der Waals surface area contributed by atoms with E-state index in [1.54, 1.807) is 12.1 Å². The summed E-state index contributed by atoms with van der Waals surface area (Å²) >= 11 is 0. The molecule has 0 spiro atoms. The molecule has 104 valence electrons. The molecule has 1 aromatic heterocycles. The van der Waals surface area contributed by atoms with E-state index in [4.69, 9.17) is 5.11 Å². The number of hydrogen-bond donors (Lipinski definition) is 2. The lowest BCUT2D eigenvalue weighted by Crippen LogP contribution is -2.33. The minimum absolute atomic E-state index is 0.0674. The number of rotatable bonds is 5. The Morgan fingerprint density at radius 1 is 1.30 bits per heavy atom. The number of aliphatic carboxylic acids is 1. The Morgan fingerprint density at radius 3 is 2.55 bits per heavy atom. The van der Waals surface area contributed by atoms with E-state index in [1.165, 1.54) is 11.2 Å². The molecule has 7 heteroatoms. The highest BCUT2D eigenvalue weighted by Crippen LogP contribution is 2.17. The van der Waals surface area contributed by atoms with Crippen molar-refractivity contribution < 1.29 is 14.7 Å². The van der Waals surface area contributed by atoms with Crippen LogP contribution in [-0.2, 0) is 4.79 Å². The van der Waals surface area contributed by atoms with Gasteiger partial charge in [-0.2, -0.15) is 5.10 Å². The van der Waals surface area contributed by atoms with E-state index >= 15 is 0 Å². The fourth-order valence-corrected chi connectivity index (χ4v) is 1.72. The molecular formula is C13H14N4O3. The summed E-state index contributed by atoms with van der Waals surface area (Å²) in [5.74, 6) is -1.30. The number of carboxylic acid groups (broad SMARTS) is 1. The van der Waals surface area contributed by atoms with Gasteiger partial charge in [-0.15, -0.1) is 0 Å². The van der Waals surface area contributed by atoms with E-state index in [0.717, 1.165) is 5.56 Å². The molecule has 0 radical (unpaired) electrons. The van der Waals surface area contributed by atoms with E-state index in [1.807, 2.05) is 19.1 Å². The van der Waals surface area contributed by atoms with Gasteiger partial charge in [0.05, 0.1) is 6.42 Å². The summed E-state index contributed by atoms with van der Waals surface area (Å²) in [5.41, 5.74) is 1.68. The topological polar surface area (TPSA) is 99.2 Å². The van der Waals surface area contributed by atoms with Crippen LogP contribution >= 0.6 is 0 Å². The normalized spacial score (nSPS) is 10.2. The van der Waals surface area contributed by atoms with Gasteiger partial charge in [0.2, 0.25) is 5.82 Å². The maximum absolute atomic E-state index is 12.3. The van der Waals surface area contributed by atoms with Crippen molar-refractivity contribution >= 4 is 17.6 Å². The van der Waals surface area contributed by atoms with E-state index in [0.29, 0.717) is 5.69 Å². The number of aryl methyl sites for hydroxylation is 1. The van der Waals surface area contributed by atoms with E-state index in [9.17, 15) is 9.59 Å². The minimum Gasteiger partial charge on any atom is -0.481 e. The Morgan fingerprint density at radius 2 is 2.00 bits per heavy atom. The number of benzene rings is 1. The highest BCUT2D eigenvalue weighted by Gasteiger charge is 2.20. The maximum atomic E-state index is 12.3. The van der Waals surface area contributed by atoms with Gasteiger partial charge in [-0.1, -0.05) is 17.7 Å². The number of carbonyl (C=O) groups is 2. The number of nitrogens with one attached hydrogen (secondary N) is 1. The number of carboxylic acids is 1. The Bertz CT molecular complexity index is 593. The molecule has 0 aliphatic carbocycles. The lowest BCUT2D eigenvalue weighted by atomic mass is 10.2. The summed E-state index contributed by atoms with van der Waals surface area (Å²) < 4.78 is 0. The second kappa shape index (κ2) is 5.96. The van der Waals surface area contributed by atoms with Gasteiger partial charge < -0.3 is 10.0 Å². The van der Waals surface area contributed by atoms with Gasteiger partial charge in [-0.3, -0.25) is 14.7 Å². The Hall–Kier alpha value is -2.70. The molecular weight excluding hydrogens is 260 g/mol. The van der Waals surface area contributed by atoms with Crippen LogP contribution in [0, 0.1) is 6.92 Å². The van der Waals surface area contributed by atoms with Crippen molar-refractivity contribution in [2.45, 2.75) is 13.3 Å². The molecule has 0 atom stereocenters. The Balaban J connectivity index is 2.26. The standard InChI is InChI=1S/C13H14N4O3/c1-9-2-4-10(5-3-9)17(7-6-11(18)19)13(20)12-14-8-15-16-12/h2-5,8H,6-7H2,1H3,(H,18,19)(H,14,15,16). The third-order valence-corrected chi connectivity index (χ3v) is 2.76. The van der Waals surface area contributed by atoms with Crippen LogP contribution < -0.4 is 4.90 Å². The van der Waals surface area contributed by atoms with Crippen LogP contribution in [0.5, 0.6) is 0 Å². The van der Waals surface area contributed by atoms with Crippen LogP contribution in [0.4, 0.5) is 5.69 Å². The molecule has 7 nitrogen and oxygen atoms in total. The molecule has 2 rings (SSSR count). The minimum atomic E-state index is -0.965. The smallest absolute Gasteiger partial charge is 0.305 e. The van der Waals surface area contributed by atoms with Crippen molar-refractivity contribution in [3.8, 4) is 0 Å². The summed E-state index contributed by atoms with van der Waals surface area (Å²) in [4.78, 5) is 28.2. The molecule has 0 saturated heterocycles. The van der Waals surface area contributed by atoms with Gasteiger partial charge in [-0.05, 0) is 19.1 Å². The first-order chi connectivity index (χ1) is 9.58. The van der Waals surface area contributed by atoms with Gasteiger partial charge >= 0.3 is 5.97 Å². The van der Waals surface area contributed by atoms with Crippen molar-refractivity contribution in [2.24, 2.45) is 0 Å². The summed E-state index contributed by atoms with van der Waals surface area (Å²) in [6, 6.07) is 7.25. The van der Waals surface area contributed by atoms with Gasteiger partial charge in [0.25, 0.3) is 5.91 Å². The van der Waals surface area contributed by atoms with Crippen LogP contribution in [-0.4, -0.2) is 38.7 Å². The lowest BCUT2D eigenvalue weighted by Gasteiger charge is -2.21. The average Bonchev–Trinajstić information content (AvgIpc) is 2.94. The fourth-order valence-electron chi connectivity index (χ4n) is 1.72. The van der Waals surface area contributed by atoms with E-state index in [2.05, 4.69) is 15.2 Å². The predicted molar refractivity (Wildman–Crippen MR) is 71.5 cm³/mol. The first-order valence-corrected chi connectivity index (χ1v) is 6.03. The molecule has 2 N–H and O–H groups in total.